The third-order valence-electron chi connectivity index (χ3n) is 3.93. The average Bonchev–Trinajstić information content (AvgIpc) is 2.75. The van der Waals surface area contributed by atoms with E-state index in [9.17, 15) is 4.79 Å². The molecule has 1 amide bonds. The first kappa shape index (κ1) is 13.8. The second-order valence-electron chi connectivity index (χ2n) is 5.74. The van der Waals surface area contributed by atoms with Crippen LogP contribution in [-0.4, -0.2) is 87.1 Å². The SMILES string of the molecule is CN1CCC(CN(C)CC(=O)N2CCNCC2)C1. The molecule has 0 spiro atoms. The molecule has 5 nitrogen and oxygen atoms in total. The summed E-state index contributed by atoms with van der Waals surface area (Å²) in [5.41, 5.74) is 0. The van der Waals surface area contributed by atoms with Gasteiger partial charge in [0.25, 0.3) is 0 Å². The highest BCUT2D eigenvalue weighted by Gasteiger charge is 2.23. The van der Waals surface area contributed by atoms with Gasteiger partial charge in [0.15, 0.2) is 0 Å². The smallest absolute Gasteiger partial charge is 0.236 e. The van der Waals surface area contributed by atoms with Crippen LogP contribution < -0.4 is 5.32 Å². The molecule has 0 aliphatic carbocycles. The minimum Gasteiger partial charge on any atom is -0.339 e. The molecule has 1 unspecified atom stereocenters. The number of piperazine rings is 1. The zero-order valence-corrected chi connectivity index (χ0v) is 11.7. The maximum absolute atomic E-state index is 12.1. The van der Waals surface area contributed by atoms with Crippen molar-refractivity contribution in [1.82, 2.24) is 20.0 Å². The second kappa shape index (κ2) is 6.50. The van der Waals surface area contributed by atoms with Crippen LogP contribution in [0.4, 0.5) is 0 Å². The van der Waals surface area contributed by atoms with Crippen LogP contribution in [0.25, 0.3) is 0 Å². The topological polar surface area (TPSA) is 38.8 Å². The molecule has 18 heavy (non-hydrogen) atoms. The lowest BCUT2D eigenvalue weighted by atomic mass is 10.1. The van der Waals surface area contributed by atoms with Gasteiger partial charge in [-0.3, -0.25) is 9.69 Å². The molecule has 0 aromatic carbocycles. The zero-order valence-electron chi connectivity index (χ0n) is 11.7. The average molecular weight is 254 g/mol. The van der Waals surface area contributed by atoms with Crippen LogP contribution in [0.15, 0.2) is 0 Å². The molecular formula is C13H26N4O. The predicted molar refractivity (Wildman–Crippen MR) is 72.6 cm³/mol. The summed E-state index contributed by atoms with van der Waals surface area (Å²) in [4.78, 5) is 18.6. The molecule has 2 fully saturated rings. The Morgan fingerprint density at radius 2 is 2.06 bits per heavy atom. The van der Waals surface area contributed by atoms with Gasteiger partial charge in [0, 0.05) is 39.3 Å². The number of rotatable bonds is 4. The van der Waals surface area contributed by atoms with Crippen LogP contribution in [-0.2, 0) is 4.79 Å². The molecule has 104 valence electrons. The van der Waals surface area contributed by atoms with Crippen LogP contribution in [0.2, 0.25) is 0 Å². The molecule has 2 rings (SSSR count). The summed E-state index contributed by atoms with van der Waals surface area (Å²) in [6.07, 6.45) is 1.27. The fourth-order valence-electron chi connectivity index (χ4n) is 2.93. The highest BCUT2D eigenvalue weighted by atomic mass is 16.2. The molecular weight excluding hydrogens is 228 g/mol. The molecule has 0 bridgehead atoms. The van der Waals surface area contributed by atoms with Crippen LogP contribution in [0.1, 0.15) is 6.42 Å². The number of carbonyl (C=O) groups is 1. The van der Waals surface area contributed by atoms with Gasteiger partial charge >= 0.3 is 0 Å². The van der Waals surface area contributed by atoms with Gasteiger partial charge in [0.2, 0.25) is 5.91 Å². The van der Waals surface area contributed by atoms with Crippen molar-refractivity contribution in [3.8, 4) is 0 Å². The zero-order chi connectivity index (χ0) is 13.0. The van der Waals surface area contributed by atoms with E-state index in [1.54, 1.807) is 0 Å². The van der Waals surface area contributed by atoms with Gasteiger partial charge in [0.05, 0.1) is 6.54 Å². The van der Waals surface area contributed by atoms with E-state index >= 15 is 0 Å². The Morgan fingerprint density at radius 3 is 2.67 bits per heavy atom. The standard InChI is InChI=1S/C13H26N4O/c1-15-6-3-12(9-15)10-16(2)11-13(18)17-7-4-14-5-8-17/h12,14H,3-11H2,1-2H3. The lowest BCUT2D eigenvalue weighted by Gasteiger charge is -2.29. The first-order chi connectivity index (χ1) is 8.65. The largest absolute Gasteiger partial charge is 0.339 e. The molecule has 2 aliphatic heterocycles. The lowest BCUT2D eigenvalue weighted by Crippen LogP contribution is -2.49. The molecule has 1 atom stereocenters. The van der Waals surface area contributed by atoms with Gasteiger partial charge in [-0.05, 0) is 33.0 Å². The summed E-state index contributed by atoms with van der Waals surface area (Å²) in [7, 11) is 4.24. The Morgan fingerprint density at radius 1 is 1.33 bits per heavy atom. The third kappa shape index (κ3) is 3.93. The normalized spacial score (nSPS) is 25.9. The highest BCUT2D eigenvalue weighted by molar-refractivity contribution is 5.78. The number of likely N-dealkylation sites (tertiary alicyclic amines) is 1. The van der Waals surface area contributed by atoms with E-state index in [4.69, 9.17) is 0 Å². The molecule has 0 aromatic rings. The monoisotopic (exact) mass is 254 g/mol. The number of nitrogens with one attached hydrogen (secondary N) is 1. The maximum Gasteiger partial charge on any atom is 0.236 e. The van der Waals surface area contributed by atoms with E-state index < -0.39 is 0 Å². The summed E-state index contributed by atoms with van der Waals surface area (Å²) >= 11 is 0. The summed E-state index contributed by atoms with van der Waals surface area (Å²) in [6.45, 7) is 7.57. The van der Waals surface area contributed by atoms with Gasteiger partial charge in [0.1, 0.15) is 0 Å². The van der Waals surface area contributed by atoms with E-state index in [1.807, 2.05) is 4.90 Å². The minimum atomic E-state index is 0.283. The Bertz CT molecular complexity index is 278. The fraction of sp³-hybridized carbons (Fsp3) is 0.923. The van der Waals surface area contributed by atoms with Crippen molar-refractivity contribution in [3.63, 3.8) is 0 Å². The van der Waals surface area contributed by atoms with Crippen molar-refractivity contribution < 1.29 is 4.79 Å². The van der Waals surface area contributed by atoms with Crippen molar-refractivity contribution in [2.45, 2.75) is 6.42 Å². The Labute approximate surface area is 110 Å². The van der Waals surface area contributed by atoms with E-state index in [0.717, 1.165) is 38.6 Å². The number of carbonyl (C=O) groups excluding carboxylic acids is 1. The summed E-state index contributed by atoms with van der Waals surface area (Å²) in [5, 5.41) is 3.27. The predicted octanol–water partition coefficient (Wildman–Crippen LogP) is -0.698. The molecule has 2 saturated heterocycles. The minimum absolute atomic E-state index is 0.283. The first-order valence-corrected chi connectivity index (χ1v) is 7.00. The molecule has 0 saturated carbocycles. The fourth-order valence-corrected chi connectivity index (χ4v) is 2.93. The molecule has 0 aromatic heterocycles. The molecule has 1 N–H and O–H groups in total. The van der Waals surface area contributed by atoms with E-state index in [0.29, 0.717) is 6.54 Å². The third-order valence-corrected chi connectivity index (χ3v) is 3.93. The molecule has 5 heteroatoms. The quantitative estimate of drug-likeness (QED) is 0.720. The molecule has 2 aliphatic rings. The van der Waals surface area contributed by atoms with Crippen molar-refractivity contribution in [2.75, 3.05) is 66.5 Å². The number of hydrogen-bond acceptors (Lipinski definition) is 4. The number of likely N-dealkylation sites (N-methyl/N-ethyl adjacent to an activating group) is 1. The van der Waals surface area contributed by atoms with Crippen LogP contribution in [0.5, 0.6) is 0 Å². The van der Waals surface area contributed by atoms with Gasteiger partial charge < -0.3 is 15.1 Å². The van der Waals surface area contributed by atoms with Gasteiger partial charge in [-0.1, -0.05) is 0 Å². The van der Waals surface area contributed by atoms with Crippen LogP contribution >= 0.6 is 0 Å². The molecule has 0 radical (unpaired) electrons. The van der Waals surface area contributed by atoms with Crippen molar-refractivity contribution in [2.24, 2.45) is 5.92 Å². The lowest BCUT2D eigenvalue weighted by molar-refractivity contribution is -0.132. The highest BCUT2D eigenvalue weighted by Crippen LogP contribution is 2.15. The summed E-state index contributed by atoms with van der Waals surface area (Å²) < 4.78 is 0. The summed E-state index contributed by atoms with van der Waals surface area (Å²) in [5.74, 6) is 1.01. The number of hydrogen-bond donors (Lipinski definition) is 1. The van der Waals surface area contributed by atoms with Crippen LogP contribution in [0, 0.1) is 5.92 Å². The Hall–Kier alpha value is -0.650. The first-order valence-electron chi connectivity index (χ1n) is 7.00. The maximum atomic E-state index is 12.1. The van der Waals surface area contributed by atoms with Gasteiger partial charge in [-0.2, -0.15) is 0 Å². The van der Waals surface area contributed by atoms with E-state index in [-0.39, 0.29) is 5.91 Å². The van der Waals surface area contributed by atoms with E-state index in [2.05, 4.69) is 29.2 Å². The Kier molecular flexibility index (Phi) is 4.97. The van der Waals surface area contributed by atoms with Crippen molar-refractivity contribution in [3.05, 3.63) is 0 Å². The van der Waals surface area contributed by atoms with Crippen LogP contribution in [0.3, 0.4) is 0 Å². The van der Waals surface area contributed by atoms with Crippen molar-refractivity contribution in [1.29, 1.82) is 0 Å². The van der Waals surface area contributed by atoms with Gasteiger partial charge in [-0.25, -0.2) is 0 Å². The van der Waals surface area contributed by atoms with E-state index in [1.165, 1.54) is 19.5 Å². The van der Waals surface area contributed by atoms with Gasteiger partial charge in [-0.15, -0.1) is 0 Å². The Balaban J connectivity index is 1.69. The number of nitrogens with zero attached hydrogens (tertiary/aromatic N) is 3. The molecule has 2 heterocycles. The summed E-state index contributed by atoms with van der Waals surface area (Å²) in [6, 6.07) is 0. The van der Waals surface area contributed by atoms with Crippen molar-refractivity contribution >= 4 is 5.91 Å². The number of amides is 1. The second-order valence-corrected chi connectivity index (χ2v) is 5.74.